The third-order valence-electron chi connectivity index (χ3n) is 6.27. The van der Waals surface area contributed by atoms with E-state index in [0.717, 1.165) is 49.9 Å². The van der Waals surface area contributed by atoms with Crippen LogP contribution in [-0.4, -0.2) is 30.0 Å². The van der Waals surface area contributed by atoms with Gasteiger partial charge in [0.1, 0.15) is 5.82 Å². The first kappa shape index (κ1) is 21.0. The lowest BCUT2D eigenvalue weighted by Crippen LogP contribution is -2.54. The number of amides is 1. The number of halogens is 4. The van der Waals surface area contributed by atoms with Crippen molar-refractivity contribution < 1.29 is 18.0 Å². The van der Waals surface area contributed by atoms with E-state index in [2.05, 4.69) is 10.3 Å². The van der Waals surface area contributed by atoms with Gasteiger partial charge in [0.25, 0.3) is 0 Å². The first-order valence-electron chi connectivity index (χ1n) is 10.1. The van der Waals surface area contributed by atoms with E-state index in [1.54, 1.807) is 0 Å². The molecule has 2 aliphatic rings. The monoisotopic (exact) mass is 437 g/mol. The van der Waals surface area contributed by atoms with Crippen LogP contribution in [0.3, 0.4) is 0 Å². The van der Waals surface area contributed by atoms with E-state index in [9.17, 15) is 18.0 Å². The van der Waals surface area contributed by atoms with Crippen LogP contribution in [0.25, 0.3) is 0 Å². The molecule has 1 saturated heterocycles. The van der Waals surface area contributed by atoms with Crippen molar-refractivity contribution in [1.29, 1.82) is 0 Å². The minimum atomic E-state index is -4.38. The van der Waals surface area contributed by atoms with Gasteiger partial charge in [-0.2, -0.15) is 13.2 Å². The van der Waals surface area contributed by atoms with E-state index in [1.165, 1.54) is 6.07 Å². The van der Waals surface area contributed by atoms with Gasteiger partial charge in [-0.15, -0.1) is 0 Å². The lowest BCUT2D eigenvalue weighted by molar-refractivity contribution is -0.137. The number of piperidine rings is 1. The second-order valence-electron chi connectivity index (χ2n) is 8.08. The molecule has 1 N–H and O–H groups in total. The van der Waals surface area contributed by atoms with Crippen LogP contribution in [0, 0.1) is 0 Å². The Morgan fingerprint density at radius 3 is 2.27 bits per heavy atom. The lowest BCUT2D eigenvalue weighted by Gasteiger charge is -2.42. The predicted octanol–water partition coefficient (Wildman–Crippen LogP) is 4.96. The summed E-state index contributed by atoms with van der Waals surface area (Å²) >= 11 is 5.99. The number of hydrogen-bond acceptors (Lipinski definition) is 3. The zero-order valence-corrected chi connectivity index (χ0v) is 17.1. The molecule has 1 aromatic carbocycles. The van der Waals surface area contributed by atoms with Crippen molar-refractivity contribution in [3.63, 3.8) is 0 Å². The third-order valence-corrected chi connectivity index (χ3v) is 6.52. The van der Waals surface area contributed by atoms with Crippen LogP contribution >= 0.6 is 11.6 Å². The van der Waals surface area contributed by atoms with Gasteiger partial charge >= 0.3 is 6.18 Å². The fourth-order valence-electron chi connectivity index (χ4n) is 4.26. The average molecular weight is 438 g/mol. The highest BCUT2D eigenvalue weighted by atomic mass is 35.5. The number of carbonyl (C=O) groups excluding carboxylic acids is 1. The second-order valence-corrected chi connectivity index (χ2v) is 8.52. The summed E-state index contributed by atoms with van der Waals surface area (Å²) < 4.78 is 38.1. The molecule has 30 heavy (non-hydrogen) atoms. The van der Waals surface area contributed by atoms with Gasteiger partial charge in [0.05, 0.1) is 11.0 Å². The number of hydrogen-bond donors (Lipinski definition) is 1. The van der Waals surface area contributed by atoms with Crippen molar-refractivity contribution in [2.45, 2.75) is 49.7 Å². The van der Waals surface area contributed by atoms with Crippen LogP contribution in [0.1, 0.15) is 43.2 Å². The van der Waals surface area contributed by atoms with Crippen molar-refractivity contribution >= 4 is 23.3 Å². The Morgan fingerprint density at radius 2 is 1.77 bits per heavy atom. The normalized spacial score (nSPS) is 19.3. The lowest BCUT2D eigenvalue weighted by atomic mass is 9.63. The van der Waals surface area contributed by atoms with Gasteiger partial charge in [-0.25, -0.2) is 4.98 Å². The molecule has 1 aliphatic carbocycles. The predicted molar refractivity (Wildman–Crippen MR) is 110 cm³/mol. The third kappa shape index (κ3) is 4.13. The Labute approximate surface area is 178 Å². The average Bonchev–Trinajstić information content (AvgIpc) is 2.69. The molecule has 2 heterocycles. The quantitative estimate of drug-likeness (QED) is 0.735. The minimum Gasteiger partial charge on any atom is -0.356 e. The summed E-state index contributed by atoms with van der Waals surface area (Å²) in [5.41, 5.74) is -0.222. The second kappa shape index (κ2) is 8.10. The number of aromatic nitrogens is 1. The van der Waals surface area contributed by atoms with Crippen molar-refractivity contribution in [3.8, 4) is 0 Å². The zero-order chi connectivity index (χ0) is 21.4. The standard InChI is InChI=1S/C22H23ClF3N3O/c23-17-5-2-15(3-6-17)21(10-1-11-21)20(30)28-18-8-12-29(13-9-18)19-7-4-16(14-27-19)22(24,25)26/h2-7,14,18H,1,8-13H2,(H,28,30). The van der Waals surface area contributed by atoms with Gasteiger partial charge in [-0.3, -0.25) is 4.79 Å². The summed E-state index contributed by atoms with van der Waals surface area (Å²) in [4.78, 5) is 19.0. The van der Waals surface area contributed by atoms with Crippen LogP contribution in [-0.2, 0) is 16.4 Å². The Bertz CT molecular complexity index is 887. The van der Waals surface area contributed by atoms with E-state index >= 15 is 0 Å². The molecule has 0 unspecified atom stereocenters. The van der Waals surface area contributed by atoms with Gasteiger partial charge in [0.2, 0.25) is 5.91 Å². The van der Waals surface area contributed by atoms with Crippen molar-refractivity contribution in [2.75, 3.05) is 18.0 Å². The maximum absolute atomic E-state index is 13.1. The summed E-state index contributed by atoms with van der Waals surface area (Å²) in [5, 5.41) is 3.86. The molecule has 8 heteroatoms. The molecule has 1 aliphatic heterocycles. The van der Waals surface area contributed by atoms with Gasteiger partial charge in [0.15, 0.2) is 0 Å². The van der Waals surface area contributed by atoms with Crippen LogP contribution < -0.4 is 10.2 Å². The molecule has 0 bridgehead atoms. The first-order valence-corrected chi connectivity index (χ1v) is 10.5. The van der Waals surface area contributed by atoms with Gasteiger partial charge in [0, 0.05) is 30.4 Å². The minimum absolute atomic E-state index is 0.0490. The molecule has 1 aromatic heterocycles. The van der Waals surface area contributed by atoms with Gasteiger partial charge in [-0.1, -0.05) is 30.2 Å². The smallest absolute Gasteiger partial charge is 0.356 e. The number of pyridine rings is 1. The van der Waals surface area contributed by atoms with Crippen LogP contribution in [0.15, 0.2) is 42.6 Å². The van der Waals surface area contributed by atoms with E-state index < -0.39 is 17.2 Å². The van der Waals surface area contributed by atoms with Crippen molar-refractivity contribution in [1.82, 2.24) is 10.3 Å². The number of nitrogens with one attached hydrogen (secondary N) is 1. The summed E-state index contributed by atoms with van der Waals surface area (Å²) in [5.74, 6) is 0.589. The van der Waals surface area contributed by atoms with E-state index in [-0.39, 0.29) is 11.9 Å². The molecule has 2 fully saturated rings. The van der Waals surface area contributed by atoms with Crippen LogP contribution in [0.5, 0.6) is 0 Å². The van der Waals surface area contributed by atoms with Gasteiger partial charge in [-0.05, 0) is 55.5 Å². The molecule has 2 aromatic rings. The molecule has 0 radical (unpaired) electrons. The topological polar surface area (TPSA) is 45.2 Å². The fourth-order valence-corrected chi connectivity index (χ4v) is 4.39. The number of carbonyl (C=O) groups is 1. The molecular formula is C22H23ClF3N3O. The highest BCUT2D eigenvalue weighted by molar-refractivity contribution is 6.30. The largest absolute Gasteiger partial charge is 0.417 e. The summed E-state index contributed by atoms with van der Waals surface area (Å²) in [7, 11) is 0. The molecule has 160 valence electrons. The summed E-state index contributed by atoms with van der Waals surface area (Å²) in [6.07, 6.45) is 0.619. The molecule has 1 saturated carbocycles. The molecule has 4 rings (SSSR count). The van der Waals surface area contributed by atoms with Gasteiger partial charge < -0.3 is 10.2 Å². The molecule has 1 amide bonds. The Balaban J connectivity index is 1.35. The first-order chi connectivity index (χ1) is 14.3. The Kier molecular flexibility index (Phi) is 5.66. The maximum atomic E-state index is 13.1. The Hall–Kier alpha value is -2.28. The molecular weight excluding hydrogens is 415 g/mol. The number of rotatable bonds is 4. The number of alkyl halides is 3. The van der Waals surface area contributed by atoms with Crippen LogP contribution in [0.2, 0.25) is 5.02 Å². The highest BCUT2D eigenvalue weighted by Gasteiger charge is 2.46. The van der Waals surface area contributed by atoms with E-state index in [1.807, 2.05) is 29.2 Å². The molecule has 0 spiro atoms. The highest BCUT2D eigenvalue weighted by Crippen LogP contribution is 2.44. The SMILES string of the molecule is O=C(NC1CCN(c2ccc(C(F)(F)F)cn2)CC1)C1(c2ccc(Cl)cc2)CCC1. The van der Waals surface area contributed by atoms with E-state index in [0.29, 0.717) is 23.9 Å². The number of nitrogens with zero attached hydrogens (tertiary/aromatic N) is 2. The Morgan fingerprint density at radius 1 is 1.10 bits per heavy atom. The van der Waals surface area contributed by atoms with Crippen LogP contribution in [0.4, 0.5) is 19.0 Å². The van der Waals surface area contributed by atoms with Crippen molar-refractivity contribution in [2.24, 2.45) is 0 Å². The molecule has 0 atom stereocenters. The van der Waals surface area contributed by atoms with Crippen molar-refractivity contribution in [3.05, 3.63) is 58.7 Å². The molecule has 4 nitrogen and oxygen atoms in total. The summed E-state index contributed by atoms with van der Waals surface area (Å²) in [6, 6.07) is 10.0. The van der Waals surface area contributed by atoms with E-state index in [4.69, 9.17) is 11.6 Å². The summed E-state index contributed by atoms with van der Waals surface area (Å²) in [6.45, 7) is 1.27. The number of benzene rings is 1. The number of anilines is 1. The zero-order valence-electron chi connectivity index (χ0n) is 16.4. The maximum Gasteiger partial charge on any atom is 0.417 e. The fraction of sp³-hybridized carbons (Fsp3) is 0.455.